The van der Waals surface area contributed by atoms with E-state index in [2.05, 4.69) is 20.9 Å². The predicted molar refractivity (Wildman–Crippen MR) is 51.1 cm³/mol. The average molecular weight is 229 g/mol. The summed E-state index contributed by atoms with van der Waals surface area (Å²) in [5.41, 5.74) is 6.93. The number of hydrogen-bond acceptors (Lipinski definition) is 3. The summed E-state index contributed by atoms with van der Waals surface area (Å²) in [5.74, 6) is 0.413. The Morgan fingerprint density at radius 3 is 2.67 bits per heavy atom. The smallest absolute Gasteiger partial charge is 0.162 e. The standard InChI is InChI=1S/C8H9BrN2O/c1-4-3-6(10)11-8(9)7(4)5(2)12/h3H,1-2H3,(H2,10,11). The number of nitrogens with zero attached hydrogens (tertiary/aromatic N) is 1. The minimum Gasteiger partial charge on any atom is -0.384 e. The number of carbonyl (C=O) groups excluding carboxylic acids is 1. The third-order valence-electron chi connectivity index (χ3n) is 1.54. The van der Waals surface area contributed by atoms with Crippen molar-refractivity contribution in [1.82, 2.24) is 4.98 Å². The maximum absolute atomic E-state index is 11.1. The van der Waals surface area contributed by atoms with Crippen LogP contribution in [0.25, 0.3) is 0 Å². The normalized spacial score (nSPS) is 9.92. The monoisotopic (exact) mass is 228 g/mol. The Balaban J connectivity index is 3.38. The lowest BCUT2D eigenvalue weighted by atomic mass is 10.1. The zero-order chi connectivity index (χ0) is 9.30. The first-order valence-electron chi connectivity index (χ1n) is 3.46. The lowest BCUT2D eigenvalue weighted by Crippen LogP contribution is -2.02. The molecule has 1 heterocycles. The fraction of sp³-hybridized carbons (Fsp3) is 0.250. The lowest BCUT2D eigenvalue weighted by molar-refractivity contribution is 0.101. The van der Waals surface area contributed by atoms with E-state index in [1.54, 1.807) is 6.07 Å². The third kappa shape index (κ3) is 1.64. The SMILES string of the molecule is CC(=O)c1c(C)cc(N)nc1Br. The molecule has 0 aromatic carbocycles. The molecule has 0 aliphatic carbocycles. The summed E-state index contributed by atoms with van der Waals surface area (Å²) in [4.78, 5) is 15.0. The molecule has 0 radical (unpaired) electrons. The molecule has 0 saturated heterocycles. The lowest BCUT2D eigenvalue weighted by Gasteiger charge is -2.04. The third-order valence-corrected chi connectivity index (χ3v) is 2.12. The van der Waals surface area contributed by atoms with Crippen molar-refractivity contribution < 1.29 is 4.79 Å². The van der Waals surface area contributed by atoms with Crippen molar-refractivity contribution in [3.8, 4) is 0 Å². The van der Waals surface area contributed by atoms with Gasteiger partial charge in [-0.15, -0.1) is 0 Å². The molecule has 1 aromatic rings. The number of carbonyl (C=O) groups is 1. The highest BCUT2D eigenvalue weighted by molar-refractivity contribution is 9.10. The Labute approximate surface area is 79.1 Å². The van der Waals surface area contributed by atoms with Gasteiger partial charge in [0.25, 0.3) is 0 Å². The van der Waals surface area contributed by atoms with Gasteiger partial charge in [0.2, 0.25) is 0 Å². The summed E-state index contributed by atoms with van der Waals surface area (Å²) >= 11 is 3.19. The Hall–Kier alpha value is -0.900. The van der Waals surface area contributed by atoms with Crippen LogP contribution in [-0.4, -0.2) is 10.8 Å². The summed E-state index contributed by atoms with van der Waals surface area (Å²) in [6, 6.07) is 1.68. The first-order valence-corrected chi connectivity index (χ1v) is 4.25. The molecule has 0 bridgehead atoms. The Bertz CT molecular complexity index is 313. The summed E-state index contributed by atoms with van der Waals surface area (Å²) in [6.07, 6.45) is 0. The van der Waals surface area contributed by atoms with Gasteiger partial charge in [-0.2, -0.15) is 0 Å². The number of nitrogen functional groups attached to an aromatic ring is 1. The minimum absolute atomic E-state index is 0.00752. The number of hydrogen-bond donors (Lipinski definition) is 1. The van der Waals surface area contributed by atoms with E-state index < -0.39 is 0 Å². The topological polar surface area (TPSA) is 56.0 Å². The van der Waals surface area contributed by atoms with Crippen LogP contribution in [-0.2, 0) is 0 Å². The highest BCUT2D eigenvalue weighted by Crippen LogP contribution is 2.20. The average Bonchev–Trinajstić information content (AvgIpc) is 1.82. The van der Waals surface area contributed by atoms with E-state index in [1.165, 1.54) is 6.92 Å². The van der Waals surface area contributed by atoms with E-state index in [4.69, 9.17) is 5.73 Å². The van der Waals surface area contributed by atoms with Gasteiger partial charge in [0.1, 0.15) is 10.4 Å². The summed E-state index contributed by atoms with van der Waals surface area (Å²) in [7, 11) is 0. The first kappa shape index (κ1) is 9.19. The van der Waals surface area contributed by atoms with Crippen molar-refractivity contribution in [3.63, 3.8) is 0 Å². The summed E-state index contributed by atoms with van der Waals surface area (Å²) < 4.78 is 0.521. The Kier molecular flexibility index (Phi) is 2.47. The fourth-order valence-electron chi connectivity index (χ4n) is 1.08. The van der Waals surface area contributed by atoms with Crippen LogP contribution in [0.2, 0.25) is 0 Å². The highest BCUT2D eigenvalue weighted by Gasteiger charge is 2.10. The summed E-state index contributed by atoms with van der Waals surface area (Å²) in [5, 5.41) is 0. The van der Waals surface area contributed by atoms with Gasteiger partial charge in [0.05, 0.1) is 5.56 Å². The molecule has 3 nitrogen and oxygen atoms in total. The van der Waals surface area contributed by atoms with Crippen molar-refractivity contribution in [2.24, 2.45) is 0 Å². The minimum atomic E-state index is -0.00752. The number of aryl methyl sites for hydroxylation is 1. The van der Waals surface area contributed by atoms with Crippen LogP contribution >= 0.6 is 15.9 Å². The quantitative estimate of drug-likeness (QED) is 0.591. The second kappa shape index (κ2) is 3.23. The van der Waals surface area contributed by atoms with Gasteiger partial charge >= 0.3 is 0 Å². The number of anilines is 1. The molecule has 0 fully saturated rings. The van der Waals surface area contributed by atoms with Gasteiger partial charge in [-0.3, -0.25) is 4.79 Å². The Morgan fingerprint density at radius 1 is 1.67 bits per heavy atom. The summed E-state index contributed by atoms with van der Waals surface area (Å²) in [6.45, 7) is 3.34. The molecule has 64 valence electrons. The fourth-order valence-corrected chi connectivity index (χ4v) is 1.88. The molecule has 0 spiro atoms. The van der Waals surface area contributed by atoms with E-state index in [-0.39, 0.29) is 5.78 Å². The van der Waals surface area contributed by atoms with Crippen molar-refractivity contribution in [1.29, 1.82) is 0 Å². The van der Waals surface area contributed by atoms with Gasteiger partial charge in [-0.05, 0) is 41.4 Å². The number of nitrogens with two attached hydrogens (primary N) is 1. The molecule has 0 atom stereocenters. The highest BCUT2D eigenvalue weighted by atomic mass is 79.9. The van der Waals surface area contributed by atoms with Crippen molar-refractivity contribution in [2.75, 3.05) is 5.73 Å². The van der Waals surface area contributed by atoms with E-state index in [0.29, 0.717) is 16.0 Å². The van der Waals surface area contributed by atoms with Crippen LogP contribution in [0.5, 0.6) is 0 Å². The molecule has 2 N–H and O–H groups in total. The molecule has 0 saturated carbocycles. The van der Waals surface area contributed by atoms with Crippen molar-refractivity contribution in [2.45, 2.75) is 13.8 Å². The molecular formula is C8H9BrN2O. The zero-order valence-corrected chi connectivity index (χ0v) is 8.47. The zero-order valence-electron chi connectivity index (χ0n) is 6.89. The maximum Gasteiger partial charge on any atom is 0.162 e. The van der Waals surface area contributed by atoms with Crippen LogP contribution in [0, 0.1) is 6.92 Å². The Morgan fingerprint density at radius 2 is 2.25 bits per heavy atom. The first-order chi connectivity index (χ1) is 5.52. The van der Waals surface area contributed by atoms with Crippen molar-refractivity contribution >= 4 is 27.5 Å². The van der Waals surface area contributed by atoms with Crippen molar-refractivity contribution in [3.05, 3.63) is 21.8 Å². The van der Waals surface area contributed by atoms with E-state index in [9.17, 15) is 4.79 Å². The van der Waals surface area contributed by atoms with E-state index in [0.717, 1.165) is 5.56 Å². The molecule has 4 heteroatoms. The second-order valence-electron chi connectivity index (χ2n) is 2.59. The van der Waals surface area contributed by atoms with E-state index in [1.807, 2.05) is 6.92 Å². The largest absolute Gasteiger partial charge is 0.384 e. The van der Waals surface area contributed by atoms with Crippen LogP contribution in [0.1, 0.15) is 22.8 Å². The van der Waals surface area contributed by atoms with Crippen LogP contribution in [0.15, 0.2) is 10.7 Å². The number of pyridine rings is 1. The molecular weight excluding hydrogens is 220 g/mol. The number of halogens is 1. The van der Waals surface area contributed by atoms with Gasteiger partial charge in [-0.25, -0.2) is 4.98 Å². The number of ketones is 1. The van der Waals surface area contributed by atoms with Crippen LogP contribution in [0.3, 0.4) is 0 Å². The second-order valence-corrected chi connectivity index (χ2v) is 3.34. The molecule has 12 heavy (non-hydrogen) atoms. The molecule has 0 unspecified atom stereocenters. The van der Waals surface area contributed by atoms with Gasteiger partial charge in [0.15, 0.2) is 5.78 Å². The maximum atomic E-state index is 11.1. The number of rotatable bonds is 1. The van der Waals surface area contributed by atoms with Gasteiger partial charge in [-0.1, -0.05) is 0 Å². The van der Waals surface area contributed by atoms with E-state index >= 15 is 0 Å². The van der Waals surface area contributed by atoms with Gasteiger partial charge in [0, 0.05) is 0 Å². The molecule has 0 aliphatic heterocycles. The predicted octanol–water partition coefficient (Wildman–Crippen LogP) is 1.94. The van der Waals surface area contributed by atoms with Crippen LogP contribution < -0.4 is 5.73 Å². The number of Topliss-reactive ketones (excluding diaryl/α,β-unsaturated/α-hetero) is 1. The molecule has 1 rings (SSSR count). The molecule has 0 amide bonds. The van der Waals surface area contributed by atoms with Crippen LogP contribution in [0.4, 0.5) is 5.82 Å². The molecule has 0 aliphatic rings. The molecule has 1 aromatic heterocycles. The number of aromatic nitrogens is 1. The van der Waals surface area contributed by atoms with Gasteiger partial charge < -0.3 is 5.73 Å².